The van der Waals surface area contributed by atoms with E-state index in [0.29, 0.717) is 16.8 Å². The number of anilines is 1. The van der Waals surface area contributed by atoms with Gasteiger partial charge in [0, 0.05) is 17.3 Å². The van der Waals surface area contributed by atoms with Crippen LogP contribution in [-0.4, -0.2) is 17.0 Å². The molecule has 0 radical (unpaired) electrons. The van der Waals surface area contributed by atoms with E-state index >= 15 is 0 Å². The third kappa shape index (κ3) is 3.81. The Morgan fingerprint density at radius 2 is 1.75 bits per heavy atom. The molecule has 0 atom stereocenters. The quantitative estimate of drug-likeness (QED) is 0.837. The summed E-state index contributed by atoms with van der Waals surface area (Å²) in [6.07, 6.45) is 2.53. The molecule has 2 N–H and O–H groups in total. The third-order valence-corrected chi connectivity index (χ3v) is 2.60. The monoisotopic (exact) mass is 267 g/mol. The standard InChI is InChI=1S/C16H13NO3/c18-15(19)10-9-12-5-4-8-14(11-12)17-16(20)13-6-2-1-3-7-13/h1-11H,(H,17,20)(H,18,19)/b10-9+. The van der Waals surface area contributed by atoms with Gasteiger partial charge in [0.25, 0.3) is 5.91 Å². The first-order chi connectivity index (χ1) is 9.65. The molecule has 2 aromatic carbocycles. The molecule has 0 bridgehead atoms. The number of carboxylic acids is 1. The predicted octanol–water partition coefficient (Wildman–Crippen LogP) is 3.04. The average molecular weight is 267 g/mol. The van der Waals surface area contributed by atoms with E-state index in [1.165, 1.54) is 6.08 Å². The minimum atomic E-state index is -1.01. The van der Waals surface area contributed by atoms with Crippen molar-refractivity contribution in [3.63, 3.8) is 0 Å². The second-order valence-electron chi connectivity index (χ2n) is 4.12. The number of carbonyl (C=O) groups excluding carboxylic acids is 1. The Kier molecular flexibility index (Phi) is 4.29. The Morgan fingerprint density at radius 1 is 1.00 bits per heavy atom. The molecule has 0 spiro atoms. The topological polar surface area (TPSA) is 66.4 Å². The van der Waals surface area contributed by atoms with Crippen molar-refractivity contribution in [2.24, 2.45) is 0 Å². The number of amides is 1. The molecule has 0 aliphatic carbocycles. The number of carbonyl (C=O) groups is 2. The van der Waals surface area contributed by atoms with E-state index in [2.05, 4.69) is 5.32 Å². The first-order valence-electron chi connectivity index (χ1n) is 6.02. The fourth-order valence-corrected chi connectivity index (χ4v) is 1.68. The lowest BCUT2D eigenvalue weighted by molar-refractivity contribution is -0.131. The fourth-order valence-electron chi connectivity index (χ4n) is 1.68. The van der Waals surface area contributed by atoms with Crippen LogP contribution in [0.5, 0.6) is 0 Å². The van der Waals surface area contributed by atoms with Crippen molar-refractivity contribution in [3.8, 4) is 0 Å². The Balaban J connectivity index is 2.12. The van der Waals surface area contributed by atoms with Crippen LogP contribution in [0.3, 0.4) is 0 Å². The van der Waals surface area contributed by atoms with Crippen LogP contribution >= 0.6 is 0 Å². The summed E-state index contributed by atoms with van der Waals surface area (Å²) in [5.41, 5.74) is 1.89. The van der Waals surface area contributed by atoms with Gasteiger partial charge in [0.05, 0.1) is 0 Å². The van der Waals surface area contributed by atoms with Gasteiger partial charge < -0.3 is 10.4 Å². The maximum absolute atomic E-state index is 12.0. The molecule has 0 saturated carbocycles. The molecule has 4 nitrogen and oxygen atoms in total. The number of carboxylic acid groups (broad SMARTS) is 1. The summed E-state index contributed by atoms with van der Waals surface area (Å²) >= 11 is 0. The molecule has 0 aliphatic heterocycles. The maximum Gasteiger partial charge on any atom is 0.328 e. The minimum Gasteiger partial charge on any atom is -0.478 e. The zero-order valence-corrected chi connectivity index (χ0v) is 10.6. The summed E-state index contributed by atoms with van der Waals surface area (Å²) in [5.74, 6) is -1.21. The SMILES string of the molecule is O=C(O)/C=C/c1cccc(NC(=O)c2ccccc2)c1. The highest BCUT2D eigenvalue weighted by Crippen LogP contribution is 2.13. The van der Waals surface area contributed by atoms with Crippen molar-refractivity contribution < 1.29 is 14.7 Å². The van der Waals surface area contributed by atoms with Gasteiger partial charge in [-0.3, -0.25) is 4.79 Å². The average Bonchev–Trinajstić information content (AvgIpc) is 2.46. The molecule has 1 amide bonds. The van der Waals surface area contributed by atoms with Crippen LogP contribution < -0.4 is 5.32 Å². The first kappa shape index (κ1) is 13.5. The van der Waals surface area contributed by atoms with E-state index in [9.17, 15) is 9.59 Å². The van der Waals surface area contributed by atoms with Gasteiger partial charge in [0.1, 0.15) is 0 Å². The van der Waals surface area contributed by atoms with E-state index in [1.807, 2.05) is 6.07 Å². The highest BCUT2D eigenvalue weighted by atomic mass is 16.4. The predicted molar refractivity (Wildman–Crippen MR) is 77.5 cm³/mol. The molecule has 0 fully saturated rings. The van der Waals surface area contributed by atoms with E-state index in [4.69, 9.17) is 5.11 Å². The molecule has 4 heteroatoms. The summed E-state index contributed by atoms with van der Waals surface area (Å²) in [7, 11) is 0. The van der Waals surface area contributed by atoms with Gasteiger partial charge in [-0.2, -0.15) is 0 Å². The zero-order chi connectivity index (χ0) is 14.4. The highest BCUT2D eigenvalue weighted by Gasteiger charge is 2.04. The molecular formula is C16H13NO3. The third-order valence-electron chi connectivity index (χ3n) is 2.60. The molecule has 2 aromatic rings. The van der Waals surface area contributed by atoms with Crippen LogP contribution in [0.15, 0.2) is 60.7 Å². The summed E-state index contributed by atoms with van der Waals surface area (Å²) in [6, 6.07) is 15.8. The van der Waals surface area contributed by atoms with Crippen molar-refractivity contribution in [1.82, 2.24) is 0 Å². The van der Waals surface area contributed by atoms with Gasteiger partial charge in [0.2, 0.25) is 0 Å². The van der Waals surface area contributed by atoms with Crippen LogP contribution in [0.2, 0.25) is 0 Å². The minimum absolute atomic E-state index is 0.204. The second kappa shape index (κ2) is 6.33. The lowest BCUT2D eigenvalue weighted by atomic mass is 10.1. The molecule has 0 heterocycles. The Bertz CT molecular complexity index is 648. The van der Waals surface area contributed by atoms with E-state index in [1.54, 1.807) is 48.5 Å². The molecule has 0 aliphatic rings. The molecule has 0 saturated heterocycles. The molecule has 20 heavy (non-hydrogen) atoms. The van der Waals surface area contributed by atoms with Gasteiger partial charge >= 0.3 is 5.97 Å². The summed E-state index contributed by atoms with van der Waals surface area (Å²) in [6.45, 7) is 0. The van der Waals surface area contributed by atoms with E-state index in [-0.39, 0.29) is 5.91 Å². The van der Waals surface area contributed by atoms with Gasteiger partial charge in [-0.1, -0.05) is 30.3 Å². The smallest absolute Gasteiger partial charge is 0.328 e. The largest absolute Gasteiger partial charge is 0.478 e. The Hall–Kier alpha value is -2.88. The molecular weight excluding hydrogens is 254 g/mol. The van der Waals surface area contributed by atoms with Crippen LogP contribution in [-0.2, 0) is 4.79 Å². The highest BCUT2D eigenvalue weighted by molar-refractivity contribution is 6.04. The van der Waals surface area contributed by atoms with Crippen LogP contribution in [0, 0.1) is 0 Å². The summed E-state index contributed by atoms with van der Waals surface area (Å²) < 4.78 is 0. The molecule has 100 valence electrons. The number of hydrogen-bond donors (Lipinski definition) is 2. The number of hydrogen-bond acceptors (Lipinski definition) is 2. The van der Waals surface area contributed by atoms with Gasteiger partial charge in [-0.25, -0.2) is 4.79 Å². The zero-order valence-electron chi connectivity index (χ0n) is 10.6. The molecule has 0 unspecified atom stereocenters. The van der Waals surface area contributed by atoms with Crippen LogP contribution in [0.4, 0.5) is 5.69 Å². The summed E-state index contributed by atoms with van der Waals surface area (Å²) in [5, 5.41) is 11.3. The molecule has 0 aromatic heterocycles. The van der Waals surface area contributed by atoms with Crippen molar-refractivity contribution >= 4 is 23.6 Å². The van der Waals surface area contributed by atoms with Crippen LogP contribution in [0.1, 0.15) is 15.9 Å². The number of rotatable bonds is 4. The Labute approximate surface area is 116 Å². The lowest BCUT2D eigenvalue weighted by Gasteiger charge is -2.05. The Morgan fingerprint density at radius 3 is 2.45 bits per heavy atom. The first-order valence-corrected chi connectivity index (χ1v) is 6.02. The van der Waals surface area contributed by atoms with E-state index < -0.39 is 5.97 Å². The fraction of sp³-hybridized carbons (Fsp3) is 0. The summed E-state index contributed by atoms with van der Waals surface area (Å²) in [4.78, 5) is 22.4. The van der Waals surface area contributed by atoms with Crippen molar-refractivity contribution in [2.75, 3.05) is 5.32 Å². The lowest BCUT2D eigenvalue weighted by Crippen LogP contribution is -2.11. The molecule has 2 rings (SSSR count). The van der Waals surface area contributed by atoms with Crippen molar-refractivity contribution in [1.29, 1.82) is 0 Å². The number of aliphatic carboxylic acids is 1. The van der Waals surface area contributed by atoms with Crippen LogP contribution in [0.25, 0.3) is 6.08 Å². The number of nitrogens with one attached hydrogen (secondary N) is 1. The second-order valence-corrected chi connectivity index (χ2v) is 4.12. The van der Waals surface area contributed by atoms with Gasteiger partial charge in [-0.05, 0) is 35.9 Å². The van der Waals surface area contributed by atoms with Crippen molar-refractivity contribution in [3.05, 3.63) is 71.8 Å². The van der Waals surface area contributed by atoms with Crippen molar-refractivity contribution in [2.45, 2.75) is 0 Å². The van der Waals surface area contributed by atoms with Gasteiger partial charge in [0.15, 0.2) is 0 Å². The van der Waals surface area contributed by atoms with E-state index in [0.717, 1.165) is 6.08 Å². The van der Waals surface area contributed by atoms with Gasteiger partial charge in [-0.15, -0.1) is 0 Å². The maximum atomic E-state index is 12.0. The normalized spacial score (nSPS) is 10.4. The number of benzene rings is 2.